The summed E-state index contributed by atoms with van der Waals surface area (Å²) in [6, 6.07) is 8.34. The Morgan fingerprint density at radius 3 is 2.06 bits per heavy atom. The number of nitrogens with zero attached hydrogens (tertiary/aromatic N) is 1. The standard InChI is InChI=1S/C15H23NO/c17-13-15-7-5-14(6-8-15)9-12-16-10-3-1-2-4-11-16/h5-8,17H,1-4,9-13H2. The predicted molar refractivity (Wildman–Crippen MR) is 71.0 cm³/mol. The molecule has 1 aromatic carbocycles. The topological polar surface area (TPSA) is 23.5 Å². The molecule has 1 aromatic rings. The number of benzene rings is 1. The lowest BCUT2D eigenvalue weighted by Gasteiger charge is -2.19. The van der Waals surface area contributed by atoms with Gasteiger partial charge in [-0.1, -0.05) is 37.1 Å². The lowest BCUT2D eigenvalue weighted by Crippen LogP contribution is -2.26. The molecule has 0 atom stereocenters. The molecule has 17 heavy (non-hydrogen) atoms. The van der Waals surface area contributed by atoms with Gasteiger partial charge < -0.3 is 10.0 Å². The van der Waals surface area contributed by atoms with Gasteiger partial charge >= 0.3 is 0 Å². The normalized spacial score (nSPS) is 17.9. The van der Waals surface area contributed by atoms with Gasteiger partial charge in [0.2, 0.25) is 0 Å². The zero-order chi connectivity index (χ0) is 11.9. The van der Waals surface area contributed by atoms with Gasteiger partial charge in [0.25, 0.3) is 0 Å². The summed E-state index contributed by atoms with van der Waals surface area (Å²) in [5.41, 5.74) is 2.38. The van der Waals surface area contributed by atoms with E-state index in [1.165, 1.54) is 50.9 Å². The molecule has 0 spiro atoms. The molecular formula is C15H23NO. The van der Waals surface area contributed by atoms with Gasteiger partial charge in [-0.3, -0.25) is 0 Å². The third-order valence-corrected chi connectivity index (χ3v) is 3.62. The molecular weight excluding hydrogens is 210 g/mol. The Balaban J connectivity index is 1.79. The van der Waals surface area contributed by atoms with Crippen LogP contribution in [0.5, 0.6) is 0 Å². The first-order valence-corrected chi connectivity index (χ1v) is 6.79. The van der Waals surface area contributed by atoms with Crippen molar-refractivity contribution >= 4 is 0 Å². The SMILES string of the molecule is OCc1ccc(CCN2CCCCCC2)cc1. The summed E-state index contributed by atoms with van der Waals surface area (Å²) in [6.45, 7) is 3.87. The van der Waals surface area contributed by atoms with E-state index >= 15 is 0 Å². The van der Waals surface area contributed by atoms with Crippen LogP contribution in [0.1, 0.15) is 36.8 Å². The minimum Gasteiger partial charge on any atom is -0.392 e. The van der Waals surface area contributed by atoms with E-state index in [0.717, 1.165) is 12.0 Å². The molecule has 1 aliphatic rings. The molecule has 0 aliphatic carbocycles. The van der Waals surface area contributed by atoms with Gasteiger partial charge in [-0.25, -0.2) is 0 Å². The fraction of sp³-hybridized carbons (Fsp3) is 0.600. The smallest absolute Gasteiger partial charge is 0.0681 e. The lowest BCUT2D eigenvalue weighted by molar-refractivity contribution is 0.281. The molecule has 0 radical (unpaired) electrons. The van der Waals surface area contributed by atoms with Crippen LogP contribution in [0.2, 0.25) is 0 Å². The van der Waals surface area contributed by atoms with Gasteiger partial charge in [0.05, 0.1) is 6.61 Å². The first kappa shape index (κ1) is 12.6. The number of rotatable bonds is 4. The van der Waals surface area contributed by atoms with E-state index in [4.69, 9.17) is 5.11 Å². The Bertz CT molecular complexity index is 312. The van der Waals surface area contributed by atoms with Crippen molar-refractivity contribution in [1.82, 2.24) is 4.90 Å². The first-order valence-electron chi connectivity index (χ1n) is 6.79. The molecule has 1 saturated heterocycles. The highest BCUT2D eigenvalue weighted by Crippen LogP contribution is 2.11. The van der Waals surface area contributed by atoms with Gasteiger partial charge in [-0.15, -0.1) is 0 Å². The predicted octanol–water partition coefficient (Wildman–Crippen LogP) is 2.60. The third-order valence-electron chi connectivity index (χ3n) is 3.62. The number of aliphatic hydroxyl groups excluding tert-OH is 1. The Hall–Kier alpha value is -0.860. The summed E-state index contributed by atoms with van der Waals surface area (Å²) in [5, 5.41) is 8.99. The monoisotopic (exact) mass is 233 g/mol. The minimum absolute atomic E-state index is 0.145. The van der Waals surface area contributed by atoms with Gasteiger partial charge in [0.1, 0.15) is 0 Å². The summed E-state index contributed by atoms with van der Waals surface area (Å²) in [6.07, 6.45) is 6.67. The van der Waals surface area contributed by atoms with E-state index in [1.807, 2.05) is 12.1 Å². The molecule has 0 bridgehead atoms. The first-order chi connectivity index (χ1) is 8.38. The molecule has 0 aromatic heterocycles. The van der Waals surface area contributed by atoms with Crippen molar-refractivity contribution in [1.29, 1.82) is 0 Å². The van der Waals surface area contributed by atoms with Gasteiger partial charge in [0, 0.05) is 6.54 Å². The summed E-state index contributed by atoms with van der Waals surface area (Å²) in [7, 11) is 0. The summed E-state index contributed by atoms with van der Waals surface area (Å²) >= 11 is 0. The van der Waals surface area contributed by atoms with Crippen LogP contribution in [-0.4, -0.2) is 29.6 Å². The number of likely N-dealkylation sites (tertiary alicyclic amines) is 1. The van der Waals surface area contributed by atoms with Crippen molar-refractivity contribution in [2.24, 2.45) is 0 Å². The van der Waals surface area contributed by atoms with Crippen LogP contribution in [0.15, 0.2) is 24.3 Å². The Morgan fingerprint density at radius 2 is 1.47 bits per heavy atom. The Morgan fingerprint density at radius 1 is 0.882 bits per heavy atom. The molecule has 0 saturated carbocycles. The maximum atomic E-state index is 8.99. The van der Waals surface area contributed by atoms with Crippen LogP contribution >= 0.6 is 0 Å². The highest BCUT2D eigenvalue weighted by Gasteiger charge is 2.08. The van der Waals surface area contributed by atoms with Crippen LogP contribution in [0.4, 0.5) is 0 Å². The molecule has 1 aliphatic heterocycles. The average molecular weight is 233 g/mol. The van der Waals surface area contributed by atoms with E-state index < -0.39 is 0 Å². The lowest BCUT2D eigenvalue weighted by atomic mass is 10.1. The highest BCUT2D eigenvalue weighted by atomic mass is 16.3. The second-order valence-corrected chi connectivity index (χ2v) is 4.98. The second kappa shape index (κ2) is 6.77. The molecule has 1 N–H and O–H groups in total. The van der Waals surface area contributed by atoms with Crippen molar-refractivity contribution in [3.63, 3.8) is 0 Å². The summed E-state index contributed by atoms with van der Waals surface area (Å²) in [4.78, 5) is 2.59. The maximum absolute atomic E-state index is 8.99. The van der Waals surface area contributed by atoms with E-state index in [9.17, 15) is 0 Å². The largest absolute Gasteiger partial charge is 0.392 e. The van der Waals surface area contributed by atoms with Crippen LogP contribution in [0, 0.1) is 0 Å². The second-order valence-electron chi connectivity index (χ2n) is 4.98. The third kappa shape index (κ3) is 4.14. The Labute approximate surface area is 104 Å². The maximum Gasteiger partial charge on any atom is 0.0681 e. The zero-order valence-corrected chi connectivity index (χ0v) is 10.6. The fourth-order valence-corrected chi connectivity index (χ4v) is 2.46. The van der Waals surface area contributed by atoms with Crippen LogP contribution in [0.25, 0.3) is 0 Å². The number of hydrogen-bond acceptors (Lipinski definition) is 2. The van der Waals surface area contributed by atoms with Crippen molar-refractivity contribution in [2.75, 3.05) is 19.6 Å². The van der Waals surface area contributed by atoms with Crippen molar-refractivity contribution in [2.45, 2.75) is 38.7 Å². The highest BCUT2D eigenvalue weighted by molar-refractivity contribution is 5.22. The van der Waals surface area contributed by atoms with Crippen molar-refractivity contribution < 1.29 is 5.11 Å². The Kier molecular flexibility index (Phi) is 5.02. The molecule has 2 nitrogen and oxygen atoms in total. The van der Waals surface area contributed by atoms with E-state index in [0.29, 0.717) is 0 Å². The molecule has 2 rings (SSSR count). The average Bonchev–Trinajstić information content (AvgIpc) is 2.65. The van der Waals surface area contributed by atoms with Gasteiger partial charge in [-0.2, -0.15) is 0 Å². The number of aliphatic hydroxyl groups is 1. The van der Waals surface area contributed by atoms with Crippen LogP contribution in [-0.2, 0) is 13.0 Å². The van der Waals surface area contributed by atoms with Crippen LogP contribution < -0.4 is 0 Å². The molecule has 1 fully saturated rings. The molecule has 0 unspecified atom stereocenters. The summed E-state index contributed by atoms with van der Waals surface area (Å²) < 4.78 is 0. The minimum atomic E-state index is 0.145. The van der Waals surface area contributed by atoms with Crippen LogP contribution in [0.3, 0.4) is 0 Å². The quantitative estimate of drug-likeness (QED) is 0.864. The molecule has 0 amide bonds. The molecule has 1 heterocycles. The van der Waals surface area contributed by atoms with E-state index in [-0.39, 0.29) is 6.61 Å². The van der Waals surface area contributed by atoms with Crippen molar-refractivity contribution in [3.05, 3.63) is 35.4 Å². The van der Waals surface area contributed by atoms with Gasteiger partial charge in [-0.05, 0) is 43.5 Å². The fourth-order valence-electron chi connectivity index (χ4n) is 2.46. The zero-order valence-electron chi connectivity index (χ0n) is 10.6. The summed E-state index contributed by atoms with van der Waals surface area (Å²) in [5.74, 6) is 0. The molecule has 94 valence electrons. The number of hydrogen-bond donors (Lipinski definition) is 1. The molecule has 2 heteroatoms. The van der Waals surface area contributed by atoms with E-state index in [2.05, 4.69) is 17.0 Å². The van der Waals surface area contributed by atoms with E-state index in [1.54, 1.807) is 0 Å². The van der Waals surface area contributed by atoms with Crippen molar-refractivity contribution in [3.8, 4) is 0 Å². The van der Waals surface area contributed by atoms with Gasteiger partial charge in [0.15, 0.2) is 0 Å².